The summed E-state index contributed by atoms with van der Waals surface area (Å²) < 4.78 is 27.1. The van der Waals surface area contributed by atoms with E-state index in [0.717, 1.165) is 5.56 Å². The third-order valence-corrected chi connectivity index (χ3v) is 3.35. The number of piperidine rings is 1. The number of hydrogen-bond acceptors (Lipinski definition) is 1. The summed E-state index contributed by atoms with van der Waals surface area (Å²) in [5, 5.41) is 3.71. The highest BCUT2D eigenvalue weighted by Crippen LogP contribution is 2.38. The molecule has 2 atom stereocenters. The van der Waals surface area contributed by atoms with Crippen molar-refractivity contribution in [2.75, 3.05) is 6.54 Å². The van der Waals surface area contributed by atoms with Crippen molar-refractivity contribution in [1.82, 2.24) is 5.32 Å². The lowest BCUT2D eigenvalue weighted by atomic mass is 9.88. The van der Waals surface area contributed by atoms with Gasteiger partial charge in [0.1, 0.15) is 0 Å². The van der Waals surface area contributed by atoms with Crippen LogP contribution in [0, 0.1) is 5.92 Å². The number of hydrogen-bond donors (Lipinski definition) is 1. The van der Waals surface area contributed by atoms with Gasteiger partial charge in [-0.15, -0.1) is 0 Å². The molecule has 1 aromatic carbocycles. The molecule has 1 aromatic rings. The Morgan fingerprint density at radius 3 is 2.81 bits per heavy atom. The maximum Gasteiger partial charge on any atom is 0.253 e. The largest absolute Gasteiger partial charge is 0.309 e. The van der Waals surface area contributed by atoms with Crippen LogP contribution in [0.3, 0.4) is 0 Å². The monoisotopic (exact) mass is 245 g/mol. The molecule has 1 nitrogen and oxygen atoms in total. The van der Waals surface area contributed by atoms with Gasteiger partial charge in [-0.05, 0) is 17.7 Å². The van der Waals surface area contributed by atoms with Gasteiger partial charge in [0.25, 0.3) is 5.92 Å². The average molecular weight is 246 g/mol. The Hall–Kier alpha value is -0.670. The molecule has 0 radical (unpaired) electrons. The van der Waals surface area contributed by atoms with Crippen molar-refractivity contribution in [2.45, 2.75) is 25.3 Å². The summed E-state index contributed by atoms with van der Waals surface area (Å²) in [6.07, 6.45) is -0.158. The Balaban J connectivity index is 2.18. The molecule has 1 unspecified atom stereocenters. The molecular formula is C12H14ClF2N. The molecule has 4 heteroatoms. The zero-order valence-electron chi connectivity index (χ0n) is 9.01. The normalized spacial score (nSPS) is 29.0. The zero-order valence-corrected chi connectivity index (χ0v) is 9.77. The minimum absolute atomic E-state index is 0.158. The van der Waals surface area contributed by atoms with Crippen molar-refractivity contribution in [3.05, 3.63) is 34.9 Å². The Morgan fingerprint density at radius 2 is 2.19 bits per heavy atom. The van der Waals surface area contributed by atoms with Gasteiger partial charge in [0.15, 0.2) is 0 Å². The summed E-state index contributed by atoms with van der Waals surface area (Å²) >= 11 is 5.85. The molecule has 16 heavy (non-hydrogen) atoms. The Morgan fingerprint density at radius 1 is 1.44 bits per heavy atom. The minimum atomic E-state index is -2.60. The topological polar surface area (TPSA) is 12.0 Å². The molecule has 0 saturated carbocycles. The quantitative estimate of drug-likeness (QED) is 0.797. The smallest absolute Gasteiger partial charge is 0.253 e. The molecule has 1 N–H and O–H groups in total. The van der Waals surface area contributed by atoms with E-state index in [1.54, 1.807) is 25.1 Å². The van der Waals surface area contributed by atoms with Gasteiger partial charge in [0.05, 0.1) is 0 Å². The first kappa shape index (κ1) is 11.8. The number of alkyl halides is 2. The lowest BCUT2D eigenvalue weighted by Gasteiger charge is -2.35. The Labute approximate surface area is 98.8 Å². The standard InChI is InChI=1S/C12H14ClF2N/c1-8-7-16-11(6-12(8,14)15)9-3-2-4-10(13)5-9/h2-5,8,11,16H,6-7H2,1H3/t8?,11-/m1/s1. The summed E-state index contributed by atoms with van der Waals surface area (Å²) in [5.41, 5.74) is 0.832. The van der Waals surface area contributed by atoms with E-state index in [9.17, 15) is 8.78 Å². The molecule has 0 aromatic heterocycles. The third kappa shape index (κ3) is 2.36. The lowest BCUT2D eigenvalue weighted by molar-refractivity contribution is -0.0841. The second kappa shape index (κ2) is 4.30. The molecule has 0 aliphatic carbocycles. The fourth-order valence-electron chi connectivity index (χ4n) is 1.97. The molecule has 1 aliphatic heterocycles. The number of halogens is 3. The molecule has 1 saturated heterocycles. The van der Waals surface area contributed by atoms with Crippen LogP contribution in [0.15, 0.2) is 24.3 Å². The van der Waals surface area contributed by atoms with Gasteiger partial charge in [-0.25, -0.2) is 8.78 Å². The average Bonchev–Trinajstić information content (AvgIpc) is 2.22. The SMILES string of the molecule is CC1CN[C@@H](c2cccc(Cl)c2)CC1(F)F. The summed E-state index contributed by atoms with van der Waals surface area (Å²) in [7, 11) is 0. The second-order valence-electron chi connectivity index (χ2n) is 4.38. The summed E-state index contributed by atoms with van der Waals surface area (Å²) in [6.45, 7) is 1.91. The molecule has 2 rings (SSSR count). The van der Waals surface area contributed by atoms with Gasteiger partial charge in [-0.3, -0.25) is 0 Å². The van der Waals surface area contributed by atoms with Crippen molar-refractivity contribution in [1.29, 1.82) is 0 Å². The fourth-order valence-corrected chi connectivity index (χ4v) is 2.17. The molecule has 0 amide bonds. The van der Waals surface area contributed by atoms with Gasteiger partial charge in [0, 0.05) is 29.9 Å². The molecule has 1 fully saturated rings. The summed E-state index contributed by atoms with van der Waals surface area (Å²) in [4.78, 5) is 0. The van der Waals surface area contributed by atoms with Crippen LogP contribution >= 0.6 is 11.6 Å². The van der Waals surface area contributed by atoms with Crippen LogP contribution in [0.25, 0.3) is 0 Å². The van der Waals surface area contributed by atoms with Crippen LogP contribution in [0.4, 0.5) is 8.78 Å². The van der Waals surface area contributed by atoms with Crippen LogP contribution < -0.4 is 5.32 Å². The molecule has 0 bridgehead atoms. The van der Waals surface area contributed by atoms with Gasteiger partial charge in [-0.2, -0.15) is 0 Å². The van der Waals surface area contributed by atoms with Crippen molar-refractivity contribution in [3.63, 3.8) is 0 Å². The van der Waals surface area contributed by atoms with Gasteiger partial charge in [0.2, 0.25) is 0 Å². The predicted octanol–water partition coefficient (Wildman–Crippen LogP) is 3.65. The maximum absolute atomic E-state index is 13.6. The van der Waals surface area contributed by atoms with Gasteiger partial charge in [-0.1, -0.05) is 30.7 Å². The second-order valence-corrected chi connectivity index (χ2v) is 4.82. The van der Waals surface area contributed by atoms with E-state index in [4.69, 9.17) is 11.6 Å². The van der Waals surface area contributed by atoms with E-state index < -0.39 is 11.8 Å². The molecule has 1 heterocycles. The van der Waals surface area contributed by atoms with Gasteiger partial charge >= 0.3 is 0 Å². The van der Waals surface area contributed by atoms with Crippen molar-refractivity contribution in [2.24, 2.45) is 5.92 Å². The van der Waals surface area contributed by atoms with Crippen LogP contribution in [-0.2, 0) is 0 Å². The Bertz CT molecular complexity index is 381. The highest BCUT2D eigenvalue weighted by molar-refractivity contribution is 6.30. The molecule has 0 spiro atoms. The van der Waals surface area contributed by atoms with Gasteiger partial charge < -0.3 is 5.32 Å². The maximum atomic E-state index is 13.6. The minimum Gasteiger partial charge on any atom is -0.309 e. The fraction of sp³-hybridized carbons (Fsp3) is 0.500. The van der Waals surface area contributed by atoms with Crippen LogP contribution in [0.1, 0.15) is 24.9 Å². The van der Waals surface area contributed by atoms with E-state index in [1.165, 1.54) is 0 Å². The number of rotatable bonds is 1. The van der Waals surface area contributed by atoms with Crippen LogP contribution in [-0.4, -0.2) is 12.5 Å². The lowest BCUT2D eigenvalue weighted by Crippen LogP contribution is -2.44. The highest BCUT2D eigenvalue weighted by Gasteiger charge is 2.42. The molecule has 1 aliphatic rings. The summed E-state index contributed by atoms with van der Waals surface area (Å²) in [6, 6.07) is 6.80. The van der Waals surface area contributed by atoms with Crippen molar-refractivity contribution in [3.8, 4) is 0 Å². The molecular weight excluding hydrogens is 232 g/mol. The predicted molar refractivity (Wildman–Crippen MR) is 60.9 cm³/mol. The van der Waals surface area contributed by atoms with E-state index in [2.05, 4.69) is 5.32 Å². The van der Waals surface area contributed by atoms with Crippen molar-refractivity contribution >= 4 is 11.6 Å². The van der Waals surface area contributed by atoms with Crippen LogP contribution in [0.2, 0.25) is 5.02 Å². The number of nitrogens with one attached hydrogen (secondary N) is 1. The summed E-state index contributed by atoms with van der Waals surface area (Å²) in [5.74, 6) is -3.21. The molecule has 88 valence electrons. The number of benzene rings is 1. The van der Waals surface area contributed by atoms with Crippen molar-refractivity contribution < 1.29 is 8.78 Å². The highest BCUT2D eigenvalue weighted by atomic mass is 35.5. The van der Waals surface area contributed by atoms with E-state index >= 15 is 0 Å². The van der Waals surface area contributed by atoms with Crippen LogP contribution in [0.5, 0.6) is 0 Å². The first-order chi connectivity index (χ1) is 7.49. The first-order valence-corrected chi connectivity index (χ1v) is 5.73. The zero-order chi connectivity index (χ0) is 11.8. The van der Waals surface area contributed by atoms with E-state index in [-0.39, 0.29) is 12.5 Å². The third-order valence-electron chi connectivity index (χ3n) is 3.12. The van der Waals surface area contributed by atoms with E-state index in [0.29, 0.717) is 11.6 Å². The van der Waals surface area contributed by atoms with E-state index in [1.807, 2.05) is 6.07 Å². The first-order valence-electron chi connectivity index (χ1n) is 5.36. The Kier molecular flexibility index (Phi) is 3.17.